The van der Waals surface area contributed by atoms with E-state index in [4.69, 9.17) is 0 Å². The summed E-state index contributed by atoms with van der Waals surface area (Å²) >= 11 is 0. The number of hydrogen-bond donors (Lipinski definition) is 1. The highest BCUT2D eigenvalue weighted by Gasteiger charge is 2.30. The van der Waals surface area contributed by atoms with Crippen molar-refractivity contribution in [1.29, 1.82) is 0 Å². The molecule has 1 amide bonds. The maximum absolute atomic E-state index is 11.2. The highest BCUT2D eigenvalue weighted by atomic mass is 32.2. The van der Waals surface area contributed by atoms with Gasteiger partial charge in [0.15, 0.2) is 0 Å². The van der Waals surface area contributed by atoms with Crippen molar-refractivity contribution in [2.24, 2.45) is 0 Å². The summed E-state index contributed by atoms with van der Waals surface area (Å²) in [5, 5.41) is 0. The van der Waals surface area contributed by atoms with E-state index in [1.807, 2.05) is 4.72 Å². The van der Waals surface area contributed by atoms with Crippen LogP contribution in [-0.4, -0.2) is 14.3 Å². The van der Waals surface area contributed by atoms with E-state index in [1.165, 1.54) is 25.2 Å². The Hall–Kier alpha value is -1.36. The van der Waals surface area contributed by atoms with Crippen LogP contribution in [0.5, 0.6) is 0 Å². The molecule has 1 rings (SSSR count). The lowest BCUT2D eigenvalue weighted by Gasteiger charge is -1.93. The lowest BCUT2D eigenvalue weighted by Crippen LogP contribution is -2.22. The van der Waals surface area contributed by atoms with E-state index in [0.29, 0.717) is 0 Å². The van der Waals surface area contributed by atoms with Gasteiger partial charge in [0.05, 0.1) is 4.91 Å². The van der Waals surface area contributed by atoms with Crippen molar-refractivity contribution in [2.45, 2.75) is 6.92 Å². The Morgan fingerprint density at radius 3 is 2.46 bits per heavy atom. The van der Waals surface area contributed by atoms with Gasteiger partial charge in [-0.15, -0.1) is 0 Å². The largest absolute Gasteiger partial charge is 0.269 e. The summed E-state index contributed by atoms with van der Waals surface area (Å²) in [7, 11) is -3.61. The van der Waals surface area contributed by atoms with E-state index >= 15 is 0 Å². The van der Waals surface area contributed by atoms with E-state index in [9.17, 15) is 13.2 Å². The molecular weight excluding hydrogens is 190 g/mol. The zero-order valence-electron chi connectivity index (χ0n) is 7.07. The van der Waals surface area contributed by atoms with Crippen LogP contribution in [0.1, 0.15) is 6.92 Å². The van der Waals surface area contributed by atoms with Crippen LogP contribution in [0.2, 0.25) is 0 Å². The van der Waals surface area contributed by atoms with Crippen LogP contribution in [-0.2, 0) is 14.8 Å². The average molecular weight is 199 g/mol. The second-order valence-electron chi connectivity index (χ2n) is 2.52. The lowest BCUT2D eigenvalue weighted by atomic mass is 10.2. The SMILES string of the molecule is C=C/C=C\C1=C(C)C(=O)NS1(=O)=O. The minimum atomic E-state index is -3.61. The highest BCUT2D eigenvalue weighted by Crippen LogP contribution is 2.19. The van der Waals surface area contributed by atoms with Gasteiger partial charge in [-0.3, -0.25) is 4.79 Å². The fourth-order valence-electron chi connectivity index (χ4n) is 0.937. The zero-order chi connectivity index (χ0) is 10.1. The molecule has 0 radical (unpaired) electrons. The molecule has 4 nitrogen and oxygen atoms in total. The third-order valence-electron chi connectivity index (χ3n) is 1.61. The molecule has 13 heavy (non-hydrogen) atoms. The van der Waals surface area contributed by atoms with Crippen LogP contribution in [0.25, 0.3) is 0 Å². The maximum atomic E-state index is 11.2. The topological polar surface area (TPSA) is 63.2 Å². The molecule has 0 fully saturated rings. The van der Waals surface area contributed by atoms with Gasteiger partial charge in [-0.25, -0.2) is 13.1 Å². The molecule has 70 valence electrons. The Bertz CT molecular complexity index is 415. The van der Waals surface area contributed by atoms with E-state index in [-0.39, 0.29) is 10.5 Å². The molecule has 0 aliphatic carbocycles. The van der Waals surface area contributed by atoms with Crippen LogP contribution in [0.15, 0.2) is 35.3 Å². The third kappa shape index (κ3) is 1.70. The summed E-state index contributed by atoms with van der Waals surface area (Å²) in [6.45, 7) is 4.86. The van der Waals surface area contributed by atoms with Gasteiger partial charge in [0, 0.05) is 5.57 Å². The van der Waals surface area contributed by atoms with Gasteiger partial charge >= 0.3 is 0 Å². The molecule has 0 aromatic rings. The van der Waals surface area contributed by atoms with Crippen LogP contribution < -0.4 is 4.72 Å². The number of allylic oxidation sites excluding steroid dienone is 3. The van der Waals surface area contributed by atoms with Crippen molar-refractivity contribution in [3.8, 4) is 0 Å². The Morgan fingerprint density at radius 1 is 1.46 bits per heavy atom. The molecule has 0 aromatic heterocycles. The first kappa shape index (κ1) is 9.73. The van der Waals surface area contributed by atoms with Crippen molar-refractivity contribution < 1.29 is 13.2 Å². The molecule has 1 heterocycles. The molecule has 1 aliphatic rings. The van der Waals surface area contributed by atoms with Gasteiger partial charge in [-0.2, -0.15) is 0 Å². The number of hydrogen-bond acceptors (Lipinski definition) is 3. The number of nitrogens with one attached hydrogen (secondary N) is 1. The zero-order valence-corrected chi connectivity index (χ0v) is 7.89. The molecule has 0 atom stereocenters. The van der Waals surface area contributed by atoms with Gasteiger partial charge in [-0.05, 0) is 13.0 Å². The molecule has 1 aliphatic heterocycles. The van der Waals surface area contributed by atoms with E-state index in [2.05, 4.69) is 6.58 Å². The van der Waals surface area contributed by atoms with Gasteiger partial charge in [-0.1, -0.05) is 18.7 Å². The first-order valence-electron chi connectivity index (χ1n) is 3.56. The molecule has 0 saturated heterocycles. The van der Waals surface area contributed by atoms with Crippen molar-refractivity contribution in [1.82, 2.24) is 4.72 Å². The standard InChI is InChI=1S/C8H9NO3S/c1-3-4-5-7-6(2)8(10)9-13(7,11)12/h3-5H,1H2,2H3,(H,9,10)/b5-4-. The highest BCUT2D eigenvalue weighted by molar-refractivity contribution is 7.94. The minimum absolute atomic E-state index is 0.0115. The first-order chi connectivity index (χ1) is 5.99. The monoisotopic (exact) mass is 199 g/mol. The quantitative estimate of drug-likeness (QED) is 0.657. The fraction of sp³-hybridized carbons (Fsp3) is 0.125. The number of carbonyl (C=O) groups excluding carboxylic acids is 1. The minimum Gasteiger partial charge on any atom is -0.269 e. The summed E-state index contributed by atoms with van der Waals surface area (Å²) in [5.74, 6) is -0.566. The van der Waals surface area contributed by atoms with Gasteiger partial charge in [0.25, 0.3) is 15.9 Å². The summed E-state index contributed by atoms with van der Waals surface area (Å²) in [5.41, 5.74) is 0.207. The van der Waals surface area contributed by atoms with Crippen molar-refractivity contribution >= 4 is 15.9 Å². The molecule has 0 saturated carbocycles. The van der Waals surface area contributed by atoms with Crippen molar-refractivity contribution in [2.75, 3.05) is 0 Å². The molecule has 5 heteroatoms. The maximum Gasteiger partial charge on any atom is 0.264 e. The fourth-order valence-corrected chi connectivity index (χ4v) is 2.20. The van der Waals surface area contributed by atoms with Crippen molar-refractivity contribution in [3.05, 3.63) is 35.3 Å². The van der Waals surface area contributed by atoms with Crippen LogP contribution in [0.3, 0.4) is 0 Å². The van der Waals surface area contributed by atoms with Crippen LogP contribution >= 0.6 is 0 Å². The van der Waals surface area contributed by atoms with E-state index in [0.717, 1.165) is 0 Å². The summed E-state index contributed by atoms with van der Waals surface area (Å²) in [6.07, 6.45) is 4.25. The Morgan fingerprint density at radius 2 is 2.08 bits per heavy atom. The normalized spacial score (nSPS) is 20.8. The number of rotatable bonds is 2. The molecule has 0 spiro atoms. The molecular formula is C8H9NO3S. The second kappa shape index (κ2) is 3.18. The molecule has 0 aromatic carbocycles. The summed E-state index contributed by atoms with van der Waals surface area (Å²) in [4.78, 5) is 11.0. The molecule has 0 unspecified atom stereocenters. The molecule has 1 N–H and O–H groups in total. The average Bonchev–Trinajstić information content (AvgIpc) is 2.20. The van der Waals surface area contributed by atoms with Gasteiger partial charge in [0.1, 0.15) is 0 Å². The lowest BCUT2D eigenvalue weighted by molar-refractivity contribution is -0.115. The van der Waals surface area contributed by atoms with Crippen molar-refractivity contribution in [3.63, 3.8) is 0 Å². The van der Waals surface area contributed by atoms with Crippen LogP contribution in [0.4, 0.5) is 0 Å². The Balaban J connectivity index is 3.24. The predicted molar refractivity (Wildman–Crippen MR) is 49.1 cm³/mol. The van der Waals surface area contributed by atoms with E-state index < -0.39 is 15.9 Å². The molecule has 0 bridgehead atoms. The van der Waals surface area contributed by atoms with Gasteiger partial charge in [0.2, 0.25) is 0 Å². The number of sulfonamides is 1. The summed E-state index contributed by atoms with van der Waals surface area (Å²) in [6, 6.07) is 0. The number of carbonyl (C=O) groups is 1. The second-order valence-corrected chi connectivity index (χ2v) is 4.17. The van der Waals surface area contributed by atoms with E-state index in [1.54, 1.807) is 0 Å². The predicted octanol–water partition coefficient (Wildman–Crippen LogP) is 0.462. The Labute approximate surface area is 76.7 Å². The summed E-state index contributed by atoms with van der Waals surface area (Å²) < 4.78 is 24.3. The van der Waals surface area contributed by atoms with Gasteiger partial charge < -0.3 is 0 Å². The third-order valence-corrected chi connectivity index (χ3v) is 3.09. The van der Waals surface area contributed by atoms with Crippen LogP contribution in [0, 0.1) is 0 Å². The number of amides is 1. The Kier molecular flexibility index (Phi) is 2.38. The smallest absolute Gasteiger partial charge is 0.264 e. The first-order valence-corrected chi connectivity index (χ1v) is 5.04.